The van der Waals surface area contributed by atoms with E-state index in [-0.39, 0.29) is 4.75 Å². The molecule has 0 heterocycles. The van der Waals surface area contributed by atoms with Crippen molar-refractivity contribution >= 4 is 17.2 Å². The van der Waals surface area contributed by atoms with Crippen molar-refractivity contribution in [3.05, 3.63) is 29.3 Å². The van der Waals surface area contributed by atoms with Gasteiger partial charge in [-0.05, 0) is 45.4 Å². The zero-order valence-electron chi connectivity index (χ0n) is 11.0. The summed E-state index contributed by atoms with van der Waals surface area (Å²) in [6, 6.07) is 5.74. The second-order valence-corrected chi connectivity index (χ2v) is 6.75. The fourth-order valence-electron chi connectivity index (χ4n) is 1.15. The van der Waals surface area contributed by atoms with Gasteiger partial charge in [-0.1, -0.05) is 6.07 Å². The van der Waals surface area contributed by atoms with Crippen LogP contribution in [0.15, 0.2) is 22.6 Å². The molecule has 0 amide bonds. The van der Waals surface area contributed by atoms with Crippen LogP contribution in [0.5, 0.6) is 5.75 Å². The van der Waals surface area contributed by atoms with E-state index in [2.05, 4.69) is 4.40 Å². The molecule has 0 radical (unpaired) electrons. The lowest BCUT2D eigenvalue weighted by Crippen LogP contribution is -2.19. The summed E-state index contributed by atoms with van der Waals surface area (Å²) in [6.45, 7) is 7.69. The van der Waals surface area contributed by atoms with Crippen molar-refractivity contribution in [3.63, 3.8) is 0 Å². The van der Waals surface area contributed by atoms with Gasteiger partial charge in [0.1, 0.15) is 16.7 Å². The highest BCUT2D eigenvalue weighted by Crippen LogP contribution is 2.17. The molecule has 0 saturated carbocycles. The van der Waals surface area contributed by atoms with Crippen molar-refractivity contribution in [3.8, 4) is 5.75 Å². The van der Waals surface area contributed by atoms with Gasteiger partial charge in [0.15, 0.2) is 0 Å². The molecule has 0 N–H and O–H groups in total. The van der Waals surface area contributed by atoms with Crippen molar-refractivity contribution in [2.75, 3.05) is 7.11 Å². The molecule has 1 rings (SSSR count). The summed E-state index contributed by atoms with van der Waals surface area (Å²) >= 11 is 0. The van der Waals surface area contributed by atoms with E-state index in [9.17, 15) is 4.21 Å². The smallest absolute Gasteiger partial charge is 0.144 e. The molecule has 0 spiro atoms. The van der Waals surface area contributed by atoms with Gasteiger partial charge in [0.05, 0.1) is 11.9 Å². The fraction of sp³-hybridized carbons (Fsp3) is 0.462. The third-order valence-corrected chi connectivity index (χ3v) is 3.64. The summed E-state index contributed by atoms with van der Waals surface area (Å²) in [4.78, 5) is 0. The van der Waals surface area contributed by atoms with Crippen molar-refractivity contribution in [2.24, 2.45) is 4.40 Å². The number of rotatable bonds is 3. The Balaban J connectivity index is 2.95. The fourth-order valence-corrected chi connectivity index (χ4v) is 1.67. The van der Waals surface area contributed by atoms with Gasteiger partial charge in [-0.2, -0.15) is 4.40 Å². The Labute approximate surface area is 106 Å². The minimum Gasteiger partial charge on any atom is -0.497 e. The SMILES string of the molecule is COc1ccc(C)c(C=NS(=O)C(C)(C)C)c1. The van der Waals surface area contributed by atoms with E-state index in [1.807, 2.05) is 45.9 Å². The summed E-state index contributed by atoms with van der Waals surface area (Å²) < 4.78 is 20.7. The third-order valence-electron chi connectivity index (χ3n) is 2.30. The minimum absolute atomic E-state index is 0.330. The van der Waals surface area contributed by atoms with Gasteiger partial charge in [0.25, 0.3) is 0 Å². The first-order valence-electron chi connectivity index (χ1n) is 5.45. The van der Waals surface area contributed by atoms with E-state index in [1.54, 1.807) is 13.3 Å². The number of aryl methyl sites for hydroxylation is 1. The molecule has 4 heteroatoms. The number of hydrogen-bond donors (Lipinski definition) is 0. The first-order valence-corrected chi connectivity index (χ1v) is 6.56. The number of methoxy groups -OCH3 is 1. The molecule has 0 bridgehead atoms. The monoisotopic (exact) mass is 253 g/mol. The van der Waals surface area contributed by atoms with Crippen LogP contribution < -0.4 is 4.74 Å². The lowest BCUT2D eigenvalue weighted by molar-refractivity contribution is 0.414. The molecule has 1 unspecified atom stereocenters. The van der Waals surface area contributed by atoms with Gasteiger partial charge in [-0.3, -0.25) is 0 Å². The molecule has 0 saturated heterocycles. The van der Waals surface area contributed by atoms with E-state index in [1.165, 1.54) is 0 Å². The predicted molar refractivity (Wildman–Crippen MR) is 73.2 cm³/mol. The van der Waals surface area contributed by atoms with Crippen molar-refractivity contribution in [1.82, 2.24) is 0 Å². The largest absolute Gasteiger partial charge is 0.497 e. The van der Waals surface area contributed by atoms with Gasteiger partial charge >= 0.3 is 0 Å². The lowest BCUT2D eigenvalue weighted by atomic mass is 10.1. The van der Waals surface area contributed by atoms with Crippen LogP contribution in [0.4, 0.5) is 0 Å². The summed E-state index contributed by atoms with van der Waals surface area (Å²) in [5.41, 5.74) is 2.02. The Hall–Kier alpha value is -1.16. The standard InChI is InChI=1S/C13H19NO2S/c1-10-6-7-12(16-5)8-11(10)9-14-17(15)13(2,3)4/h6-9H,1-5H3. The van der Waals surface area contributed by atoms with E-state index >= 15 is 0 Å². The molecule has 94 valence electrons. The topological polar surface area (TPSA) is 38.7 Å². The maximum Gasteiger partial charge on any atom is 0.144 e. The van der Waals surface area contributed by atoms with Crippen LogP contribution in [0.2, 0.25) is 0 Å². The Morgan fingerprint density at radius 2 is 2.00 bits per heavy atom. The average Bonchev–Trinajstić information content (AvgIpc) is 2.26. The molecule has 0 aromatic heterocycles. The van der Waals surface area contributed by atoms with Crippen LogP contribution >= 0.6 is 0 Å². The Morgan fingerprint density at radius 3 is 2.53 bits per heavy atom. The van der Waals surface area contributed by atoms with E-state index in [0.29, 0.717) is 0 Å². The molecule has 1 aromatic rings. The lowest BCUT2D eigenvalue weighted by Gasteiger charge is -2.13. The zero-order chi connectivity index (χ0) is 13.1. The molecule has 0 aliphatic carbocycles. The third kappa shape index (κ3) is 3.97. The highest BCUT2D eigenvalue weighted by atomic mass is 32.2. The van der Waals surface area contributed by atoms with E-state index in [4.69, 9.17) is 4.74 Å². The van der Waals surface area contributed by atoms with Crippen LogP contribution in [-0.4, -0.2) is 22.3 Å². The van der Waals surface area contributed by atoms with Gasteiger partial charge in [0.2, 0.25) is 0 Å². The second kappa shape index (κ2) is 5.45. The molecule has 3 nitrogen and oxygen atoms in total. The number of benzene rings is 1. The van der Waals surface area contributed by atoms with E-state index in [0.717, 1.165) is 16.9 Å². The Bertz CT molecular complexity index is 447. The maximum atomic E-state index is 11.8. The maximum absolute atomic E-state index is 11.8. The molecule has 1 atom stereocenters. The zero-order valence-corrected chi connectivity index (χ0v) is 11.8. The minimum atomic E-state index is -1.23. The Morgan fingerprint density at radius 1 is 1.35 bits per heavy atom. The van der Waals surface area contributed by atoms with Gasteiger partial charge in [-0.15, -0.1) is 0 Å². The number of hydrogen-bond acceptors (Lipinski definition) is 2. The number of nitrogens with zero attached hydrogens (tertiary/aromatic N) is 1. The molecule has 0 fully saturated rings. The van der Waals surface area contributed by atoms with Gasteiger partial charge in [-0.25, -0.2) is 4.21 Å². The predicted octanol–water partition coefficient (Wildman–Crippen LogP) is 2.88. The quantitative estimate of drug-likeness (QED) is 0.777. The van der Waals surface area contributed by atoms with Crippen LogP contribution in [-0.2, 0) is 11.0 Å². The normalized spacial score (nSPS) is 13.9. The molecular weight excluding hydrogens is 234 g/mol. The Kier molecular flexibility index (Phi) is 4.46. The van der Waals surface area contributed by atoms with Gasteiger partial charge < -0.3 is 4.74 Å². The summed E-state index contributed by atoms with van der Waals surface area (Å²) in [7, 11) is 0.398. The molecule has 0 aliphatic heterocycles. The first-order chi connectivity index (χ1) is 7.84. The number of ether oxygens (including phenoxy) is 1. The average molecular weight is 253 g/mol. The molecule has 1 aromatic carbocycles. The van der Waals surface area contributed by atoms with Crippen LogP contribution in [0.1, 0.15) is 31.9 Å². The van der Waals surface area contributed by atoms with Crippen molar-refractivity contribution < 1.29 is 8.95 Å². The summed E-state index contributed by atoms with van der Waals surface area (Å²) in [5.74, 6) is 0.776. The molecular formula is C13H19NO2S. The molecule has 17 heavy (non-hydrogen) atoms. The van der Waals surface area contributed by atoms with E-state index < -0.39 is 11.0 Å². The van der Waals surface area contributed by atoms with Gasteiger partial charge in [0, 0.05) is 11.8 Å². The highest BCUT2D eigenvalue weighted by Gasteiger charge is 2.18. The highest BCUT2D eigenvalue weighted by molar-refractivity contribution is 7.85. The summed E-state index contributed by atoms with van der Waals surface area (Å²) in [6.07, 6.45) is 1.65. The van der Waals surface area contributed by atoms with Crippen LogP contribution in [0.3, 0.4) is 0 Å². The first kappa shape index (κ1) is 13.9. The molecule has 0 aliphatic rings. The van der Waals surface area contributed by atoms with Crippen LogP contribution in [0, 0.1) is 6.92 Å². The van der Waals surface area contributed by atoms with Crippen LogP contribution in [0.25, 0.3) is 0 Å². The van der Waals surface area contributed by atoms with Crippen molar-refractivity contribution in [2.45, 2.75) is 32.4 Å². The summed E-state index contributed by atoms with van der Waals surface area (Å²) in [5, 5.41) is 0. The van der Waals surface area contributed by atoms with Crippen molar-refractivity contribution in [1.29, 1.82) is 0 Å². The second-order valence-electron chi connectivity index (χ2n) is 4.82.